The monoisotopic (exact) mass is 559 g/mol. The van der Waals surface area contributed by atoms with Gasteiger partial charge in [-0.15, -0.1) is 0 Å². The van der Waals surface area contributed by atoms with E-state index in [0.717, 1.165) is 9.87 Å². The van der Waals surface area contributed by atoms with Crippen molar-refractivity contribution in [3.63, 3.8) is 0 Å². The fourth-order valence-electron chi connectivity index (χ4n) is 3.91. The Morgan fingerprint density at radius 2 is 2.05 bits per heavy atom. The van der Waals surface area contributed by atoms with E-state index in [1.165, 1.54) is 25.4 Å². The maximum Gasteiger partial charge on any atom is 0.290 e. The Balaban J connectivity index is 1.43. The first-order valence-corrected chi connectivity index (χ1v) is 14.3. The number of thiophene rings is 1. The number of rotatable bonds is 12. The third-order valence-corrected chi connectivity index (χ3v) is 8.48. The smallest absolute Gasteiger partial charge is 0.290 e. The van der Waals surface area contributed by atoms with E-state index in [1.807, 2.05) is 16.8 Å². The van der Waals surface area contributed by atoms with E-state index >= 15 is 0 Å². The summed E-state index contributed by atoms with van der Waals surface area (Å²) in [4.78, 5) is 17.0. The van der Waals surface area contributed by atoms with Gasteiger partial charge in [0.1, 0.15) is 5.75 Å². The molecule has 10 nitrogen and oxygen atoms in total. The molecular formula is C26H29N3O7S2. The molecule has 2 N–H and O–H groups in total. The Labute approximate surface area is 225 Å². The molecule has 0 saturated carbocycles. The second kappa shape index (κ2) is 13.0. The first-order valence-electron chi connectivity index (χ1n) is 11.9. The number of pyridine rings is 1. The molecule has 0 aliphatic carbocycles. The molecule has 202 valence electrons. The number of methoxy groups -OCH3 is 1. The molecule has 0 bridgehead atoms. The number of anilines is 1. The number of carbonyl (C=O) groups is 1. The zero-order chi connectivity index (χ0) is 27.0. The number of benzene rings is 1. The number of aliphatic hydroxyl groups excluding tert-OH is 1. The molecule has 1 aliphatic rings. The van der Waals surface area contributed by atoms with E-state index < -0.39 is 22.2 Å². The predicted octanol–water partition coefficient (Wildman–Crippen LogP) is 3.20. The van der Waals surface area contributed by atoms with Crippen molar-refractivity contribution in [1.29, 1.82) is 0 Å². The fourth-order valence-corrected chi connectivity index (χ4v) is 6.05. The summed E-state index contributed by atoms with van der Waals surface area (Å²) >= 11 is 1.55. The number of ether oxygens (including phenoxy) is 3. The lowest BCUT2D eigenvalue weighted by atomic mass is 9.95. The van der Waals surface area contributed by atoms with Crippen molar-refractivity contribution >= 4 is 33.0 Å². The maximum atomic E-state index is 13.1. The van der Waals surface area contributed by atoms with Crippen LogP contribution >= 0.6 is 11.3 Å². The zero-order valence-electron chi connectivity index (χ0n) is 20.7. The normalized spacial score (nSPS) is 17.5. The first kappa shape index (κ1) is 27.7. The standard InChI is InChI=1S/C26H29N3O7S2/c1-34-22-4-6-23(7-5-22)38(32,33)29(10-12-30)11-13-35-25-16-20(19-8-14-37-18-19)15-24(36-25)26(31)28-21-3-2-9-27-17-21/h2-9,14-15,17-18,20,25,30H,10-13,16H2,1H3,(H,28,31)/t20-,25+/m1/s1. The number of hydrogen-bond donors (Lipinski definition) is 2. The minimum absolute atomic E-state index is 0.00604. The summed E-state index contributed by atoms with van der Waals surface area (Å²) in [6.07, 6.45) is 4.58. The summed E-state index contributed by atoms with van der Waals surface area (Å²) in [7, 11) is -2.38. The minimum Gasteiger partial charge on any atom is -0.497 e. The van der Waals surface area contributed by atoms with Crippen molar-refractivity contribution in [1.82, 2.24) is 9.29 Å². The number of nitrogens with one attached hydrogen (secondary N) is 1. The molecule has 2 aromatic heterocycles. The Morgan fingerprint density at radius 1 is 1.24 bits per heavy atom. The van der Waals surface area contributed by atoms with E-state index in [1.54, 1.807) is 47.9 Å². The van der Waals surface area contributed by atoms with Crippen LogP contribution in [0.25, 0.3) is 0 Å². The maximum absolute atomic E-state index is 13.1. The average Bonchev–Trinajstić information content (AvgIpc) is 3.48. The molecule has 0 saturated heterocycles. The number of aliphatic hydroxyl groups is 1. The van der Waals surface area contributed by atoms with Crippen LogP contribution < -0.4 is 10.1 Å². The SMILES string of the molecule is COc1ccc(S(=O)(=O)N(CCO)CCO[C@@H]2C[C@H](c3ccsc3)C=C(C(=O)Nc3cccnc3)O2)cc1. The molecule has 4 rings (SSSR count). The molecule has 2 atom stereocenters. The van der Waals surface area contributed by atoms with Gasteiger partial charge in [-0.25, -0.2) is 8.42 Å². The third kappa shape index (κ3) is 6.97. The summed E-state index contributed by atoms with van der Waals surface area (Å²) in [6.45, 7) is -0.469. The van der Waals surface area contributed by atoms with Gasteiger partial charge in [0.05, 0.1) is 37.1 Å². The van der Waals surface area contributed by atoms with Gasteiger partial charge in [-0.2, -0.15) is 15.6 Å². The predicted molar refractivity (Wildman–Crippen MR) is 142 cm³/mol. The average molecular weight is 560 g/mol. The van der Waals surface area contributed by atoms with Crippen molar-refractivity contribution in [3.8, 4) is 5.75 Å². The second-order valence-corrected chi connectivity index (χ2v) is 11.1. The van der Waals surface area contributed by atoms with Crippen molar-refractivity contribution in [2.45, 2.75) is 23.5 Å². The van der Waals surface area contributed by atoms with E-state index in [2.05, 4.69) is 10.3 Å². The number of amides is 1. The van der Waals surface area contributed by atoms with Gasteiger partial charge in [-0.1, -0.05) is 0 Å². The van der Waals surface area contributed by atoms with Crippen molar-refractivity contribution < 1.29 is 32.5 Å². The lowest BCUT2D eigenvalue weighted by molar-refractivity contribution is -0.143. The Bertz CT molecular complexity index is 1310. The molecule has 0 radical (unpaired) electrons. The van der Waals surface area contributed by atoms with Crippen LogP contribution in [0.5, 0.6) is 5.75 Å². The second-order valence-electron chi connectivity index (χ2n) is 8.35. The molecule has 0 fully saturated rings. The Morgan fingerprint density at radius 3 is 2.71 bits per heavy atom. The minimum atomic E-state index is -3.88. The van der Waals surface area contributed by atoms with E-state index in [-0.39, 0.29) is 42.9 Å². The van der Waals surface area contributed by atoms with Gasteiger partial charge in [0.2, 0.25) is 16.3 Å². The first-order chi connectivity index (χ1) is 18.4. The van der Waals surface area contributed by atoms with Crippen LogP contribution in [0.3, 0.4) is 0 Å². The molecule has 12 heteroatoms. The van der Waals surface area contributed by atoms with Crippen LogP contribution in [0.2, 0.25) is 0 Å². The molecule has 0 spiro atoms. The van der Waals surface area contributed by atoms with Gasteiger partial charge in [0.25, 0.3) is 5.91 Å². The summed E-state index contributed by atoms with van der Waals surface area (Å²) in [5.74, 6) is 0.0909. The topological polar surface area (TPSA) is 127 Å². The number of carbonyl (C=O) groups excluding carboxylic acids is 1. The van der Waals surface area contributed by atoms with Crippen molar-refractivity contribution in [2.24, 2.45) is 0 Å². The van der Waals surface area contributed by atoms with Crippen LogP contribution in [-0.2, 0) is 24.3 Å². The number of sulfonamides is 1. The number of allylic oxidation sites excluding steroid dienone is 1. The molecule has 1 aromatic carbocycles. The van der Waals surface area contributed by atoms with Gasteiger partial charge in [-0.3, -0.25) is 9.78 Å². The zero-order valence-corrected chi connectivity index (χ0v) is 22.4. The summed E-state index contributed by atoms with van der Waals surface area (Å²) in [5, 5.41) is 16.2. The van der Waals surface area contributed by atoms with Crippen molar-refractivity contribution in [2.75, 3.05) is 38.7 Å². The van der Waals surface area contributed by atoms with Crippen LogP contribution in [0.1, 0.15) is 17.9 Å². The van der Waals surface area contributed by atoms with Gasteiger partial charge < -0.3 is 24.6 Å². The highest BCUT2D eigenvalue weighted by Crippen LogP contribution is 2.33. The Kier molecular flexibility index (Phi) is 9.48. The quantitative estimate of drug-likeness (QED) is 0.346. The third-order valence-electron chi connectivity index (χ3n) is 5.86. The lowest BCUT2D eigenvalue weighted by Crippen LogP contribution is -2.37. The summed E-state index contributed by atoms with van der Waals surface area (Å²) in [6, 6.07) is 11.4. The number of hydrogen-bond acceptors (Lipinski definition) is 9. The van der Waals surface area contributed by atoms with E-state index in [0.29, 0.717) is 17.9 Å². The highest BCUT2D eigenvalue weighted by molar-refractivity contribution is 7.89. The van der Waals surface area contributed by atoms with Crippen molar-refractivity contribution in [3.05, 3.63) is 83.0 Å². The van der Waals surface area contributed by atoms with Crippen LogP contribution in [-0.4, -0.2) is 68.4 Å². The van der Waals surface area contributed by atoms with E-state index in [4.69, 9.17) is 14.2 Å². The highest BCUT2D eigenvalue weighted by Gasteiger charge is 2.30. The van der Waals surface area contributed by atoms with Crippen LogP contribution in [0.15, 0.2) is 82.3 Å². The van der Waals surface area contributed by atoms with Gasteiger partial charge >= 0.3 is 0 Å². The van der Waals surface area contributed by atoms with Gasteiger partial charge in [0, 0.05) is 31.6 Å². The number of aromatic nitrogens is 1. The molecule has 0 unspecified atom stereocenters. The fraction of sp³-hybridized carbons (Fsp3) is 0.308. The Hall–Kier alpha value is -3.29. The van der Waals surface area contributed by atoms with Gasteiger partial charge in [-0.05, 0) is 64.9 Å². The number of nitrogens with zero attached hydrogens (tertiary/aromatic N) is 2. The van der Waals surface area contributed by atoms with Crippen LogP contribution in [0, 0.1) is 0 Å². The summed E-state index contributed by atoms with van der Waals surface area (Å²) in [5.41, 5.74) is 1.56. The molecular weight excluding hydrogens is 530 g/mol. The molecule has 1 amide bonds. The van der Waals surface area contributed by atoms with Crippen LogP contribution in [0.4, 0.5) is 5.69 Å². The lowest BCUT2D eigenvalue weighted by Gasteiger charge is -2.29. The molecule has 3 heterocycles. The van der Waals surface area contributed by atoms with Gasteiger partial charge in [0.15, 0.2) is 5.76 Å². The van der Waals surface area contributed by atoms with E-state index in [9.17, 15) is 18.3 Å². The molecule has 1 aliphatic heterocycles. The summed E-state index contributed by atoms with van der Waals surface area (Å²) < 4.78 is 44.3. The molecule has 38 heavy (non-hydrogen) atoms. The molecule has 3 aromatic rings. The highest BCUT2D eigenvalue weighted by atomic mass is 32.2. The largest absolute Gasteiger partial charge is 0.497 e.